The Morgan fingerprint density at radius 3 is 2.90 bits per heavy atom. The minimum absolute atomic E-state index is 0.180. The first kappa shape index (κ1) is 7.46. The van der Waals surface area contributed by atoms with E-state index in [2.05, 4.69) is 0 Å². The second kappa shape index (κ2) is 2.53. The average Bonchev–Trinajstić information content (AvgIpc) is 2.36. The van der Waals surface area contributed by atoms with Crippen molar-refractivity contribution >= 4 is 5.91 Å². The van der Waals surface area contributed by atoms with E-state index in [-0.39, 0.29) is 6.61 Å². The van der Waals surface area contributed by atoms with Crippen LogP contribution in [0.2, 0.25) is 0 Å². The van der Waals surface area contributed by atoms with Gasteiger partial charge >= 0.3 is 0 Å². The van der Waals surface area contributed by atoms with Crippen molar-refractivity contribution < 1.29 is 14.7 Å². The summed E-state index contributed by atoms with van der Waals surface area (Å²) in [6.45, 7) is 0.656. The molecule has 0 aromatic carbocycles. The van der Waals surface area contributed by atoms with Crippen molar-refractivity contribution in [1.82, 2.24) is 5.48 Å². The molecule has 0 radical (unpaired) electrons. The molecule has 0 spiro atoms. The molecule has 0 aliphatic carbocycles. The molecule has 1 rings (SSSR count). The Hall–Kier alpha value is -0.650. The van der Waals surface area contributed by atoms with Crippen molar-refractivity contribution in [2.75, 3.05) is 13.2 Å². The number of nitrogens with one attached hydrogen (secondary N) is 1. The fourth-order valence-electron chi connectivity index (χ4n) is 0.871. The topological polar surface area (TPSA) is 84.6 Å². The molecule has 1 aliphatic heterocycles. The summed E-state index contributed by atoms with van der Waals surface area (Å²) in [5.41, 5.74) is 6.00. The molecule has 5 nitrogen and oxygen atoms in total. The molecule has 1 unspecified atom stereocenters. The number of amides is 1. The molecule has 1 saturated heterocycles. The number of carbonyl (C=O) groups excluding carboxylic acids is 1. The molecule has 0 bridgehead atoms. The third-order valence-corrected chi connectivity index (χ3v) is 1.61. The van der Waals surface area contributed by atoms with Crippen molar-refractivity contribution in [3.8, 4) is 0 Å². The smallest absolute Gasteiger partial charge is 0.265 e. The summed E-state index contributed by atoms with van der Waals surface area (Å²) >= 11 is 0. The number of hydroxylamine groups is 1. The zero-order valence-electron chi connectivity index (χ0n) is 5.46. The average molecular weight is 146 g/mol. The van der Waals surface area contributed by atoms with Crippen LogP contribution in [-0.2, 0) is 9.53 Å². The first-order valence-electron chi connectivity index (χ1n) is 3.00. The number of carbonyl (C=O) groups is 1. The van der Waals surface area contributed by atoms with Crippen LogP contribution in [0.5, 0.6) is 0 Å². The highest BCUT2D eigenvalue weighted by Crippen LogP contribution is 2.14. The van der Waals surface area contributed by atoms with Gasteiger partial charge in [-0.2, -0.15) is 0 Å². The highest BCUT2D eigenvalue weighted by molar-refractivity contribution is 5.85. The third-order valence-electron chi connectivity index (χ3n) is 1.61. The van der Waals surface area contributed by atoms with Crippen LogP contribution in [0.15, 0.2) is 0 Å². The number of rotatable bonds is 1. The van der Waals surface area contributed by atoms with Crippen molar-refractivity contribution in [3.63, 3.8) is 0 Å². The normalized spacial score (nSPS) is 32.2. The van der Waals surface area contributed by atoms with Gasteiger partial charge in [-0.1, -0.05) is 0 Å². The fourth-order valence-corrected chi connectivity index (χ4v) is 0.871. The Kier molecular flexibility index (Phi) is 1.89. The van der Waals surface area contributed by atoms with Crippen LogP contribution in [0.1, 0.15) is 6.42 Å². The highest BCUT2D eigenvalue weighted by Gasteiger charge is 2.37. The van der Waals surface area contributed by atoms with Gasteiger partial charge in [0.25, 0.3) is 5.91 Å². The van der Waals surface area contributed by atoms with Gasteiger partial charge in [0.15, 0.2) is 0 Å². The van der Waals surface area contributed by atoms with E-state index in [1.165, 1.54) is 5.48 Å². The van der Waals surface area contributed by atoms with Crippen LogP contribution in [0.4, 0.5) is 0 Å². The molecular weight excluding hydrogens is 136 g/mol. The molecule has 1 atom stereocenters. The Balaban J connectivity index is 2.58. The zero-order chi connectivity index (χ0) is 7.61. The fraction of sp³-hybridized carbons (Fsp3) is 0.800. The predicted molar refractivity (Wildman–Crippen MR) is 32.3 cm³/mol. The van der Waals surface area contributed by atoms with Crippen LogP contribution in [0.3, 0.4) is 0 Å². The summed E-state index contributed by atoms with van der Waals surface area (Å²) in [6, 6.07) is 0. The Labute approximate surface area is 58.1 Å². The van der Waals surface area contributed by atoms with Gasteiger partial charge in [-0.15, -0.1) is 0 Å². The van der Waals surface area contributed by atoms with Crippen molar-refractivity contribution in [3.05, 3.63) is 0 Å². The molecule has 10 heavy (non-hydrogen) atoms. The van der Waals surface area contributed by atoms with Gasteiger partial charge in [-0.3, -0.25) is 10.0 Å². The first-order chi connectivity index (χ1) is 4.69. The lowest BCUT2D eigenvalue weighted by molar-refractivity contribution is -0.134. The molecule has 1 amide bonds. The summed E-state index contributed by atoms with van der Waals surface area (Å²) in [4.78, 5) is 10.8. The van der Waals surface area contributed by atoms with Crippen LogP contribution in [-0.4, -0.2) is 29.9 Å². The molecule has 1 heterocycles. The molecular formula is C5H10N2O3. The molecule has 0 saturated carbocycles. The van der Waals surface area contributed by atoms with E-state index in [1.807, 2.05) is 0 Å². The van der Waals surface area contributed by atoms with E-state index in [0.29, 0.717) is 13.0 Å². The molecule has 5 heteroatoms. The summed E-state index contributed by atoms with van der Waals surface area (Å²) < 4.78 is 4.89. The van der Waals surface area contributed by atoms with Gasteiger partial charge in [0.1, 0.15) is 5.54 Å². The third kappa shape index (κ3) is 1.11. The predicted octanol–water partition coefficient (Wildman–Crippen LogP) is -1.39. The van der Waals surface area contributed by atoms with Crippen molar-refractivity contribution in [1.29, 1.82) is 0 Å². The van der Waals surface area contributed by atoms with Gasteiger partial charge < -0.3 is 10.5 Å². The second-order valence-electron chi connectivity index (χ2n) is 2.40. The zero-order valence-corrected chi connectivity index (χ0v) is 5.46. The van der Waals surface area contributed by atoms with E-state index in [1.54, 1.807) is 0 Å². The molecule has 4 N–H and O–H groups in total. The molecule has 1 fully saturated rings. The van der Waals surface area contributed by atoms with E-state index in [9.17, 15) is 4.79 Å². The van der Waals surface area contributed by atoms with Gasteiger partial charge in [-0.25, -0.2) is 5.48 Å². The lowest BCUT2D eigenvalue weighted by atomic mass is 10.0. The highest BCUT2D eigenvalue weighted by atomic mass is 16.5. The van der Waals surface area contributed by atoms with Gasteiger partial charge in [0, 0.05) is 13.0 Å². The van der Waals surface area contributed by atoms with E-state index >= 15 is 0 Å². The van der Waals surface area contributed by atoms with Crippen LogP contribution < -0.4 is 11.2 Å². The number of nitrogens with two attached hydrogens (primary N) is 1. The minimum atomic E-state index is -1.02. The van der Waals surface area contributed by atoms with Crippen molar-refractivity contribution in [2.45, 2.75) is 12.0 Å². The first-order valence-corrected chi connectivity index (χ1v) is 3.00. The van der Waals surface area contributed by atoms with Gasteiger partial charge in [-0.05, 0) is 0 Å². The van der Waals surface area contributed by atoms with Gasteiger partial charge in [0.05, 0.1) is 6.61 Å². The van der Waals surface area contributed by atoms with E-state index < -0.39 is 11.4 Å². The van der Waals surface area contributed by atoms with Crippen LogP contribution in [0.25, 0.3) is 0 Å². The summed E-state index contributed by atoms with van der Waals surface area (Å²) in [5, 5.41) is 8.23. The molecule has 0 aromatic heterocycles. The number of ether oxygens (including phenoxy) is 1. The summed E-state index contributed by atoms with van der Waals surface area (Å²) in [5.74, 6) is -0.579. The van der Waals surface area contributed by atoms with Crippen molar-refractivity contribution in [2.24, 2.45) is 5.73 Å². The maximum Gasteiger partial charge on any atom is 0.265 e. The lowest BCUT2D eigenvalue weighted by Gasteiger charge is -2.17. The number of hydrogen-bond donors (Lipinski definition) is 3. The minimum Gasteiger partial charge on any atom is -0.379 e. The summed E-state index contributed by atoms with van der Waals surface area (Å²) in [6.07, 6.45) is 0.458. The standard InChI is InChI=1S/C5H10N2O3/c6-5(4(8)7-9)1-2-10-3-5/h9H,1-3,6H2,(H,7,8). The Morgan fingerprint density at radius 2 is 2.50 bits per heavy atom. The SMILES string of the molecule is NC1(C(=O)NO)CCOC1. The Morgan fingerprint density at radius 1 is 1.80 bits per heavy atom. The van der Waals surface area contributed by atoms with E-state index in [4.69, 9.17) is 15.7 Å². The van der Waals surface area contributed by atoms with Crippen LogP contribution >= 0.6 is 0 Å². The lowest BCUT2D eigenvalue weighted by Crippen LogP contribution is -2.53. The largest absolute Gasteiger partial charge is 0.379 e. The molecule has 0 aromatic rings. The Bertz CT molecular complexity index is 142. The molecule has 58 valence electrons. The monoisotopic (exact) mass is 146 g/mol. The van der Waals surface area contributed by atoms with Gasteiger partial charge in [0.2, 0.25) is 0 Å². The van der Waals surface area contributed by atoms with Crippen LogP contribution in [0, 0.1) is 0 Å². The maximum atomic E-state index is 10.8. The van der Waals surface area contributed by atoms with E-state index in [0.717, 1.165) is 0 Å². The second-order valence-corrected chi connectivity index (χ2v) is 2.40. The quantitative estimate of drug-likeness (QED) is 0.314. The summed E-state index contributed by atoms with van der Waals surface area (Å²) in [7, 11) is 0. The molecule has 1 aliphatic rings. The maximum absolute atomic E-state index is 10.8. The number of hydrogen-bond acceptors (Lipinski definition) is 4.